The number of nitrogen functional groups attached to an aromatic ring is 1. The van der Waals surface area contributed by atoms with Gasteiger partial charge in [0, 0.05) is 11.4 Å². The molecule has 0 radical (unpaired) electrons. The zero-order valence-electron chi connectivity index (χ0n) is 11.1. The second-order valence-corrected chi connectivity index (χ2v) is 4.23. The predicted molar refractivity (Wildman–Crippen MR) is 77.7 cm³/mol. The van der Waals surface area contributed by atoms with E-state index < -0.39 is 0 Å². The highest BCUT2D eigenvalue weighted by Gasteiger charge is 2.15. The molecule has 0 spiro atoms. The molecule has 0 saturated carbocycles. The molecule has 2 rings (SSSR count). The molecular weight excluding hydrogens is 256 g/mol. The topological polar surface area (TPSA) is 84.6 Å². The Balaban J connectivity index is 2.23. The summed E-state index contributed by atoms with van der Waals surface area (Å²) >= 11 is 0. The van der Waals surface area contributed by atoms with Crippen LogP contribution in [0.5, 0.6) is 5.75 Å². The zero-order chi connectivity index (χ0) is 14.5. The Morgan fingerprint density at radius 1 is 1.25 bits per heavy atom. The number of carbonyl (C=O) groups is 1. The third-order valence-corrected chi connectivity index (χ3v) is 2.90. The Bertz CT molecular complexity index is 609. The van der Waals surface area contributed by atoms with Gasteiger partial charge in [-0.25, -0.2) is 0 Å². The van der Waals surface area contributed by atoms with Gasteiger partial charge < -0.3 is 20.9 Å². The molecule has 1 amide bonds. The number of aliphatic hydroxyl groups is 1. The first-order valence-corrected chi connectivity index (χ1v) is 6.09. The van der Waals surface area contributed by atoms with Crippen molar-refractivity contribution < 1.29 is 14.6 Å². The summed E-state index contributed by atoms with van der Waals surface area (Å²) in [5.41, 5.74) is 7.89. The summed E-state index contributed by atoms with van der Waals surface area (Å²) in [6, 6.07) is 12.0. The number of nitrogens with one attached hydrogen (secondary N) is 1. The standard InChI is InChI=1S/C15H16N2O3/c1-20-13-4-2-3-12(16)14(13)15(19)17-11-7-5-10(9-18)6-8-11/h2-8,18H,9,16H2,1H3,(H,17,19). The van der Waals surface area contributed by atoms with E-state index in [1.165, 1.54) is 7.11 Å². The lowest BCUT2D eigenvalue weighted by Crippen LogP contribution is -2.15. The van der Waals surface area contributed by atoms with Crippen LogP contribution in [-0.2, 0) is 6.61 Å². The molecule has 2 aromatic rings. The van der Waals surface area contributed by atoms with Crippen LogP contribution < -0.4 is 15.8 Å². The Hall–Kier alpha value is -2.53. The van der Waals surface area contributed by atoms with Crippen molar-refractivity contribution in [2.75, 3.05) is 18.2 Å². The number of methoxy groups -OCH3 is 1. The molecule has 0 saturated heterocycles. The summed E-state index contributed by atoms with van der Waals surface area (Å²) in [4.78, 5) is 12.2. The van der Waals surface area contributed by atoms with Crippen LogP contribution >= 0.6 is 0 Å². The van der Waals surface area contributed by atoms with Gasteiger partial charge in [0.1, 0.15) is 11.3 Å². The average molecular weight is 272 g/mol. The van der Waals surface area contributed by atoms with Gasteiger partial charge in [-0.1, -0.05) is 18.2 Å². The lowest BCUT2D eigenvalue weighted by atomic mass is 10.1. The first-order valence-electron chi connectivity index (χ1n) is 6.09. The number of anilines is 2. The van der Waals surface area contributed by atoms with Crippen molar-refractivity contribution in [1.29, 1.82) is 0 Å². The average Bonchev–Trinajstić information content (AvgIpc) is 2.47. The summed E-state index contributed by atoms with van der Waals surface area (Å²) in [7, 11) is 1.49. The molecule has 0 fully saturated rings. The van der Waals surface area contributed by atoms with Gasteiger partial charge in [0.05, 0.1) is 13.7 Å². The summed E-state index contributed by atoms with van der Waals surface area (Å²) in [5, 5.41) is 11.7. The molecule has 0 unspecified atom stereocenters. The number of hydrogen-bond acceptors (Lipinski definition) is 4. The first kappa shape index (κ1) is 13.9. The Morgan fingerprint density at radius 2 is 1.95 bits per heavy atom. The van der Waals surface area contributed by atoms with Crippen LogP contribution in [0.3, 0.4) is 0 Å². The number of nitrogens with two attached hydrogens (primary N) is 1. The smallest absolute Gasteiger partial charge is 0.261 e. The maximum atomic E-state index is 12.2. The van der Waals surface area contributed by atoms with Crippen molar-refractivity contribution >= 4 is 17.3 Å². The molecule has 0 aliphatic carbocycles. The van der Waals surface area contributed by atoms with E-state index in [9.17, 15) is 4.79 Å². The van der Waals surface area contributed by atoms with Crippen molar-refractivity contribution in [3.63, 3.8) is 0 Å². The third-order valence-electron chi connectivity index (χ3n) is 2.90. The molecule has 2 aromatic carbocycles. The Kier molecular flexibility index (Phi) is 4.22. The molecule has 0 atom stereocenters. The molecular formula is C15H16N2O3. The summed E-state index contributed by atoms with van der Waals surface area (Å²) in [6.45, 7) is -0.0340. The highest BCUT2D eigenvalue weighted by atomic mass is 16.5. The van der Waals surface area contributed by atoms with Crippen molar-refractivity contribution in [1.82, 2.24) is 0 Å². The summed E-state index contributed by atoms with van der Waals surface area (Å²) < 4.78 is 5.15. The van der Waals surface area contributed by atoms with E-state index >= 15 is 0 Å². The number of benzene rings is 2. The van der Waals surface area contributed by atoms with Crippen LogP contribution in [0.1, 0.15) is 15.9 Å². The molecule has 0 aromatic heterocycles. The fraction of sp³-hybridized carbons (Fsp3) is 0.133. The van der Waals surface area contributed by atoms with Crippen LogP contribution in [0.25, 0.3) is 0 Å². The monoisotopic (exact) mass is 272 g/mol. The SMILES string of the molecule is COc1cccc(N)c1C(=O)Nc1ccc(CO)cc1. The van der Waals surface area contributed by atoms with Gasteiger partial charge in [-0.15, -0.1) is 0 Å². The number of amides is 1. The van der Waals surface area contributed by atoms with Gasteiger partial charge in [0.2, 0.25) is 0 Å². The van der Waals surface area contributed by atoms with Crippen molar-refractivity contribution in [2.45, 2.75) is 6.61 Å². The van der Waals surface area contributed by atoms with Crippen LogP contribution in [0.2, 0.25) is 0 Å². The Morgan fingerprint density at radius 3 is 2.55 bits per heavy atom. The minimum Gasteiger partial charge on any atom is -0.496 e. The predicted octanol–water partition coefficient (Wildman–Crippen LogP) is 2.02. The Labute approximate surface area is 117 Å². The molecule has 4 N–H and O–H groups in total. The van der Waals surface area contributed by atoms with E-state index in [1.807, 2.05) is 0 Å². The number of carbonyl (C=O) groups excluding carboxylic acids is 1. The maximum absolute atomic E-state index is 12.2. The number of rotatable bonds is 4. The zero-order valence-corrected chi connectivity index (χ0v) is 11.1. The van der Waals surface area contributed by atoms with Crippen LogP contribution in [0, 0.1) is 0 Å². The van der Waals surface area contributed by atoms with Crippen molar-refractivity contribution in [3.8, 4) is 5.75 Å². The fourth-order valence-corrected chi connectivity index (χ4v) is 1.85. The molecule has 5 heteroatoms. The molecule has 5 nitrogen and oxygen atoms in total. The van der Waals surface area contributed by atoms with Gasteiger partial charge in [-0.2, -0.15) is 0 Å². The van der Waals surface area contributed by atoms with Crippen LogP contribution in [-0.4, -0.2) is 18.1 Å². The van der Waals surface area contributed by atoms with Crippen molar-refractivity contribution in [3.05, 3.63) is 53.6 Å². The number of hydrogen-bond donors (Lipinski definition) is 3. The van der Waals surface area contributed by atoms with Gasteiger partial charge >= 0.3 is 0 Å². The van der Waals surface area contributed by atoms with E-state index in [0.29, 0.717) is 22.7 Å². The molecule has 0 heterocycles. The summed E-state index contributed by atoms with van der Waals surface area (Å²) in [5.74, 6) is 0.0891. The molecule has 104 valence electrons. The van der Waals surface area contributed by atoms with Gasteiger partial charge in [0.15, 0.2) is 0 Å². The molecule has 0 bridgehead atoms. The van der Waals surface area contributed by atoms with E-state index in [-0.39, 0.29) is 12.5 Å². The normalized spacial score (nSPS) is 10.1. The summed E-state index contributed by atoms with van der Waals surface area (Å²) in [6.07, 6.45) is 0. The largest absolute Gasteiger partial charge is 0.496 e. The quantitative estimate of drug-likeness (QED) is 0.743. The highest BCUT2D eigenvalue weighted by molar-refractivity contribution is 6.09. The first-order chi connectivity index (χ1) is 9.65. The van der Waals surface area contributed by atoms with E-state index in [0.717, 1.165) is 5.56 Å². The van der Waals surface area contributed by atoms with E-state index in [4.69, 9.17) is 15.6 Å². The van der Waals surface area contributed by atoms with E-state index in [2.05, 4.69) is 5.32 Å². The lowest BCUT2D eigenvalue weighted by molar-refractivity contribution is 0.102. The van der Waals surface area contributed by atoms with Crippen molar-refractivity contribution in [2.24, 2.45) is 0 Å². The fourth-order valence-electron chi connectivity index (χ4n) is 1.85. The second-order valence-electron chi connectivity index (χ2n) is 4.23. The van der Waals surface area contributed by atoms with Gasteiger partial charge in [-0.05, 0) is 29.8 Å². The molecule has 0 aliphatic heterocycles. The van der Waals surface area contributed by atoms with Gasteiger partial charge in [-0.3, -0.25) is 4.79 Å². The second kappa shape index (κ2) is 6.08. The van der Waals surface area contributed by atoms with E-state index in [1.54, 1.807) is 42.5 Å². The van der Waals surface area contributed by atoms with Gasteiger partial charge in [0.25, 0.3) is 5.91 Å². The number of aliphatic hydroxyl groups excluding tert-OH is 1. The molecule has 20 heavy (non-hydrogen) atoms. The third kappa shape index (κ3) is 2.89. The number of ether oxygens (including phenoxy) is 1. The lowest BCUT2D eigenvalue weighted by Gasteiger charge is -2.11. The maximum Gasteiger partial charge on any atom is 0.261 e. The minimum atomic E-state index is -0.336. The van der Waals surface area contributed by atoms with Crippen LogP contribution in [0.15, 0.2) is 42.5 Å². The molecule has 0 aliphatic rings. The van der Waals surface area contributed by atoms with Crippen LogP contribution in [0.4, 0.5) is 11.4 Å². The highest BCUT2D eigenvalue weighted by Crippen LogP contribution is 2.25. The minimum absolute atomic E-state index is 0.0340.